The predicted molar refractivity (Wildman–Crippen MR) is 51.7 cm³/mol. The van der Waals surface area contributed by atoms with Crippen molar-refractivity contribution < 1.29 is 19.0 Å². The molecule has 1 aliphatic rings. The van der Waals surface area contributed by atoms with E-state index in [1.54, 1.807) is 0 Å². The van der Waals surface area contributed by atoms with E-state index in [1.165, 1.54) is 6.07 Å². The number of halogens is 2. The highest BCUT2D eigenvalue weighted by molar-refractivity contribution is 6.30. The van der Waals surface area contributed by atoms with Crippen LogP contribution >= 0.6 is 11.6 Å². The molecule has 0 amide bonds. The minimum Gasteiger partial charge on any atom is -0.489 e. The summed E-state index contributed by atoms with van der Waals surface area (Å²) in [6, 6.07) is 2.69. The highest BCUT2D eigenvalue weighted by Gasteiger charge is 2.27. The molecule has 0 spiro atoms. The van der Waals surface area contributed by atoms with Crippen LogP contribution in [0, 0.1) is 11.7 Å². The van der Waals surface area contributed by atoms with E-state index in [0.29, 0.717) is 5.56 Å². The summed E-state index contributed by atoms with van der Waals surface area (Å²) in [6.07, 6.45) is 0.252. The molecule has 15 heavy (non-hydrogen) atoms. The zero-order chi connectivity index (χ0) is 11.0. The van der Waals surface area contributed by atoms with Gasteiger partial charge in [-0.2, -0.15) is 0 Å². The van der Waals surface area contributed by atoms with Crippen molar-refractivity contribution in [2.24, 2.45) is 5.92 Å². The molecule has 1 heterocycles. The molecule has 0 bridgehead atoms. The molecule has 0 aromatic heterocycles. The maximum absolute atomic E-state index is 13.3. The van der Waals surface area contributed by atoms with Crippen LogP contribution in [0.3, 0.4) is 0 Å². The lowest BCUT2D eigenvalue weighted by molar-refractivity contribution is -0.143. The van der Waals surface area contributed by atoms with Gasteiger partial charge in [0, 0.05) is 5.02 Å². The fourth-order valence-corrected chi connectivity index (χ4v) is 1.82. The van der Waals surface area contributed by atoms with E-state index in [-0.39, 0.29) is 23.8 Å². The first kappa shape index (κ1) is 10.2. The van der Waals surface area contributed by atoms with Crippen LogP contribution < -0.4 is 4.74 Å². The van der Waals surface area contributed by atoms with E-state index in [0.717, 1.165) is 6.07 Å². The van der Waals surface area contributed by atoms with E-state index < -0.39 is 17.7 Å². The fraction of sp³-hybridized carbons (Fsp3) is 0.300. The minimum absolute atomic E-state index is 0.000879. The van der Waals surface area contributed by atoms with Crippen molar-refractivity contribution >= 4 is 17.6 Å². The largest absolute Gasteiger partial charge is 0.489 e. The second kappa shape index (κ2) is 3.70. The number of hydrogen-bond acceptors (Lipinski definition) is 2. The maximum atomic E-state index is 13.3. The molecule has 0 saturated heterocycles. The summed E-state index contributed by atoms with van der Waals surface area (Å²) in [4.78, 5) is 10.7. The Kier molecular flexibility index (Phi) is 2.52. The topological polar surface area (TPSA) is 46.5 Å². The lowest BCUT2D eigenvalue weighted by Crippen LogP contribution is -2.28. The Morgan fingerprint density at radius 2 is 2.33 bits per heavy atom. The molecular formula is C10H8ClFO3. The third-order valence-electron chi connectivity index (χ3n) is 2.33. The predicted octanol–water partition coefficient (Wildman–Crippen LogP) is 2.11. The van der Waals surface area contributed by atoms with Gasteiger partial charge in [0.2, 0.25) is 0 Å². The van der Waals surface area contributed by atoms with Gasteiger partial charge < -0.3 is 9.84 Å². The quantitative estimate of drug-likeness (QED) is 0.804. The van der Waals surface area contributed by atoms with Crippen LogP contribution in [0.15, 0.2) is 12.1 Å². The van der Waals surface area contributed by atoms with Gasteiger partial charge in [-0.05, 0) is 24.1 Å². The molecule has 0 unspecified atom stereocenters. The summed E-state index contributed by atoms with van der Waals surface area (Å²) in [5.74, 6) is -1.99. The van der Waals surface area contributed by atoms with Crippen LogP contribution in [0.5, 0.6) is 5.75 Å². The van der Waals surface area contributed by atoms with Crippen LogP contribution in [-0.2, 0) is 11.2 Å². The average Bonchev–Trinajstić information content (AvgIpc) is 2.16. The number of ether oxygens (including phenoxy) is 1. The standard InChI is InChI=1S/C10H8ClFO3/c11-7-2-5-1-6(10(13)14)4-15-9(5)8(12)3-7/h2-3,6H,1,4H2,(H,13,14)/t6-/m1/s1. The van der Waals surface area contributed by atoms with Crippen molar-refractivity contribution in [1.29, 1.82) is 0 Å². The van der Waals surface area contributed by atoms with Crippen LogP contribution in [0.25, 0.3) is 0 Å². The summed E-state index contributed by atoms with van der Waals surface area (Å²) in [6.45, 7) is 0.000879. The molecule has 0 fully saturated rings. The first-order valence-corrected chi connectivity index (χ1v) is 4.79. The van der Waals surface area contributed by atoms with Crippen molar-refractivity contribution in [3.63, 3.8) is 0 Å². The smallest absolute Gasteiger partial charge is 0.310 e. The van der Waals surface area contributed by atoms with Crippen LogP contribution in [0.2, 0.25) is 5.02 Å². The minimum atomic E-state index is -0.943. The summed E-state index contributed by atoms with van der Waals surface area (Å²) in [5.41, 5.74) is 0.513. The van der Waals surface area contributed by atoms with Crippen molar-refractivity contribution in [1.82, 2.24) is 0 Å². The van der Waals surface area contributed by atoms with Gasteiger partial charge in [-0.1, -0.05) is 11.6 Å². The van der Waals surface area contributed by atoms with E-state index in [1.807, 2.05) is 0 Å². The SMILES string of the molecule is O=C(O)[C@H]1COc2c(F)cc(Cl)cc2C1. The summed E-state index contributed by atoms with van der Waals surface area (Å²) in [5, 5.41) is 9.05. The first-order valence-electron chi connectivity index (χ1n) is 4.41. The molecule has 1 aromatic rings. The van der Waals surface area contributed by atoms with Crippen molar-refractivity contribution in [3.05, 3.63) is 28.5 Å². The van der Waals surface area contributed by atoms with Gasteiger partial charge in [-0.25, -0.2) is 4.39 Å². The van der Waals surface area contributed by atoms with Gasteiger partial charge in [-0.15, -0.1) is 0 Å². The lowest BCUT2D eigenvalue weighted by Gasteiger charge is -2.22. The average molecular weight is 231 g/mol. The van der Waals surface area contributed by atoms with Crippen LogP contribution in [0.1, 0.15) is 5.56 Å². The van der Waals surface area contributed by atoms with E-state index in [2.05, 4.69) is 0 Å². The molecule has 80 valence electrons. The molecule has 1 atom stereocenters. The molecule has 3 nitrogen and oxygen atoms in total. The van der Waals surface area contributed by atoms with E-state index in [9.17, 15) is 9.18 Å². The van der Waals surface area contributed by atoms with E-state index >= 15 is 0 Å². The molecule has 0 radical (unpaired) electrons. The Balaban J connectivity index is 2.37. The van der Waals surface area contributed by atoms with Gasteiger partial charge in [-0.3, -0.25) is 4.79 Å². The van der Waals surface area contributed by atoms with Crippen molar-refractivity contribution in [2.75, 3.05) is 6.61 Å². The monoisotopic (exact) mass is 230 g/mol. The summed E-state index contributed by atoms with van der Waals surface area (Å²) >= 11 is 5.67. The molecule has 0 aliphatic carbocycles. The van der Waals surface area contributed by atoms with Crippen LogP contribution in [0.4, 0.5) is 4.39 Å². The highest BCUT2D eigenvalue weighted by Crippen LogP contribution is 2.32. The Bertz CT molecular complexity index is 419. The third kappa shape index (κ3) is 1.90. The van der Waals surface area contributed by atoms with Crippen molar-refractivity contribution in [2.45, 2.75) is 6.42 Å². The number of carbonyl (C=O) groups is 1. The van der Waals surface area contributed by atoms with Gasteiger partial charge in [0.05, 0.1) is 5.92 Å². The zero-order valence-corrected chi connectivity index (χ0v) is 8.42. The number of carboxylic acid groups (broad SMARTS) is 1. The Hall–Kier alpha value is -1.29. The zero-order valence-electron chi connectivity index (χ0n) is 7.67. The fourth-order valence-electron chi connectivity index (χ4n) is 1.59. The van der Waals surface area contributed by atoms with E-state index in [4.69, 9.17) is 21.4 Å². The van der Waals surface area contributed by atoms with Gasteiger partial charge >= 0.3 is 5.97 Å². The second-order valence-corrected chi connectivity index (χ2v) is 3.86. The van der Waals surface area contributed by atoms with Crippen LogP contribution in [-0.4, -0.2) is 17.7 Å². The number of carboxylic acids is 1. The molecule has 1 aromatic carbocycles. The molecular weight excluding hydrogens is 223 g/mol. The molecule has 5 heteroatoms. The van der Waals surface area contributed by atoms with Gasteiger partial charge in [0.25, 0.3) is 0 Å². The lowest BCUT2D eigenvalue weighted by atomic mass is 9.97. The third-order valence-corrected chi connectivity index (χ3v) is 2.55. The molecule has 1 aliphatic heterocycles. The second-order valence-electron chi connectivity index (χ2n) is 3.43. The molecule has 1 N–H and O–H groups in total. The number of aliphatic carboxylic acids is 1. The first-order chi connectivity index (χ1) is 7.08. The summed E-state index contributed by atoms with van der Waals surface area (Å²) in [7, 11) is 0. The Morgan fingerprint density at radius 1 is 1.60 bits per heavy atom. The molecule has 0 saturated carbocycles. The highest BCUT2D eigenvalue weighted by atomic mass is 35.5. The number of fused-ring (bicyclic) bond motifs is 1. The van der Waals surface area contributed by atoms with Gasteiger partial charge in [0.15, 0.2) is 11.6 Å². The normalized spacial score (nSPS) is 19.2. The summed E-state index contributed by atoms with van der Waals surface area (Å²) < 4.78 is 18.4. The molecule has 2 rings (SSSR count). The van der Waals surface area contributed by atoms with Gasteiger partial charge in [0.1, 0.15) is 6.61 Å². The Morgan fingerprint density at radius 3 is 3.00 bits per heavy atom. The number of hydrogen-bond donors (Lipinski definition) is 1. The van der Waals surface area contributed by atoms with Crippen molar-refractivity contribution in [3.8, 4) is 5.75 Å². The number of benzene rings is 1. The maximum Gasteiger partial charge on any atom is 0.310 e. The number of rotatable bonds is 1. The Labute approximate surface area is 90.4 Å².